The van der Waals surface area contributed by atoms with Crippen LogP contribution in [-0.2, 0) is 21.4 Å². The number of sulfonamides is 1. The standard InChI is InChI=1S/C22H35N5O3S.HI/c1-2-23-22(24-12-8-14-26-13-7-11-21(26)28)25-18-19-9-6-10-20(17-19)31(29,30)27-15-4-3-5-16-27;/h6,9-10,17H,2-5,7-8,11-16,18H2,1H3,(H2,23,24,25);1H. The lowest BCUT2D eigenvalue weighted by molar-refractivity contribution is -0.127. The first-order chi connectivity index (χ1) is 15.0. The van der Waals surface area contributed by atoms with Gasteiger partial charge in [-0.2, -0.15) is 4.31 Å². The number of guanidine groups is 1. The van der Waals surface area contributed by atoms with Crippen LogP contribution in [0.2, 0.25) is 0 Å². The van der Waals surface area contributed by atoms with Gasteiger partial charge in [-0.05, 0) is 50.3 Å². The SMILES string of the molecule is CCNC(=NCc1cccc(S(=O)(=O)N2CCCCC2)c1)NCCCN1CCCC1=O.I. The Bertz CT molecular complexity index is 872. The summed E-state index contributed by atoms with van der Waals surface area (Å²) in [6.07, 6.45) is 5.43. The van der Waals surface area contributed by atoms with Gasteiger partial charge in [0.15, 0.2) is 5.96 Å². The number of nitrogens with one attached hydrogen (secondary N) is 2. The molecule has 0 aromatic heterocycles. The van der Waals surface area contributed by atoms with Crippen molar-refractivity contribution in [1.82, 2.24) is 19.8 Å². The second-order valence-electron chi connectivity index (χ2n) is 8.07. The summed E-state index contributed by atoms with van der Waals surface area (Å²) < 4.78 is 27.4. The van der Waals surface area contributed by atoms with Crippen molar-refractivity contribution in [3.63, 3.8) is 0 Å². The Morgan fingerprint density at radius 2 is 1.88 bits per heavy atom. The van der Waals surface area contributed by atoms with Crippen LogP contribution in [0.4, 0.5) is 0 Å². The largest absolute Gasteiger partial charge is 0.357 e. The minimum Gasteiger partial charge on any atom is -0.357 e. The second kappa shape index (κ2) is 13.3. The summed E-state index contributed by atoms with van der Waals surface area (Å²) in [5.74, 6) is 0.944. The fourth-order valence-electron chi connectivity index (χ4n) is 3.99. The Kier molecular flexibility index (Phi) is 11.2. The van der Waals surface area contributed by atoms with Gasteiger partial charge in [-0.15, -0.1) is 24.0 Å². The molecule has 0 bridgehead atoms. The van der Waals surface area contributed by atoms with E-state index in [0.29, 0.717) is 36.9 Å². The number of benzene rings is 1. The maximum Gasteiger partial charge on any atom is 0.243 e. The molecule has 32 heavy (non-hydrogen) atoms. The van der Waals surface area contributed by atoms with Crippen LogP contribution in [0.1, 0.15) is 51.0 Å². The summed E-state index contributed by atoms with van der Waals surface area (Å²) in [6.45, 7) is 6.68. The molecule has 2 saturated heterocycles. The first-order valence-electron chi connectivity index (χ1n) is 11.4. The van der Waals surface area contributed by atoms with Crippen molar-refractivity contribution in [2.45, 2.75) is 56.9 Å². The van der Waals surface area contributed by atoms with Gasteiger partial charge in [-0.3, -0.25) is 4.79 Å². The van der Waals surface area contributed by atoms with E-state index in [2.05, 4.69) is 15.6 Å². The number of carbonyl (C=O) groups is 1. The molecular formula is C22H36IN5O3S. The number of rotatable bonds is 9. The van der Waals surface area contributed by atoms with Gasteiger partial charge in [0, 0.05) is 45.7 Å². The van der Waals surface area contributed by atoms with Gasteiger partial charge in [0.2, 0.25) is 15.9 Å². The van der Waals surface area contributed by atoms with Gasteiger partial charge in [0.05, 0.1) is 11.4 Å². The Morgan fingerprint density at radius 1 is 1.09 bits per heavy atom. The summed E-state index contributed by atoms with van der Waals surface area (Å²) in [4.78, 5) is 18.6. The van der Waals surface area contributed by atoms with E-state index in [1.807, 2.05) is 17.9 Å². The normalized spacial score (nSPS) is 17.8. The molecule has 0 spiro atoms. The highest BCUT2D eigenvalue weighted by Gasteiger charge is 2.26. The quantitative estimate of drug-likeness (QED) is 0.204. The number of halogens is 1. The fourth-order valence-corrected chi connectivity index (χ4v) is 5.58. The predicted molar refractivity (Wildman–Crippen MR) is 138 cm³/mol. The highest BCUT2D eigenvalue weighted by molar-refractivity contribution is 14.0. The Morgan fingerprint density at radius 3 is 2.56 bits per heavy atom. The molecule has 8 nitrogen and oxygen atoms in total. The van der Waals surface area contributed by atoms with E-state index in [-0.39, 0.29) is 29.9 Å². The molecule has 1 amide bonds. The van der Waals surface area contributed by atoms with Crippen LogP contribution in [0.3, 0.4) is 0 Å². The second-order valence-corrected chi connectivity index (χ2v) is 10.0. The van der Waals surface area contributed by atoms with Gasteiger partial charge < -0.3 is 15.5 Å². The molecule has 2 fully saturated rings. The monoisotopic (exact) mass is 577 g/mol. The zero-order valence-corrected chi connectivity index (χ0v) is 22.0. The van der Waals surface area contributed by atoms with E-state index >= 15 is 0 Å². The fraction of sp³-hybridized carbons (Fsp3) is 0.636. The molecule has 1 aromatic carbocycles. The number of carbonyl (C=O) groups excluding carboxylic acids is 1. The molecule has 2 aliphatic rings. The molecule has 0 aliphatic carbocycles. The third-order valence-electron chi connectivity index (χ3n) is 5.68. The molecule has 2 aliphatic heterocycles. The third kappa shape index (κ3) is 7.58. The van der Waals surface area contributed by atoms with Crippen molar-refractivity contribution in [3.8, 4) is 0 Å². The number of piperidine rings is 1. The number of hydrogen-bond donors (Lipinski definition) is 2. The third-order valence-corrected chi connectivity index (χ3v) is 7.58. The van der Waals surface area contributed by atoms with Crippen LogP contribution < -0.4 is 10.6 Å². The zero-order valence-electron chi connectivity index (χ0n) is 18.9. The first kappa shape index (κ1) is 26.8. The molecule has 10 heteroatoms. The number of amides is 1. The maximum absolute atomic E-state index is 12.9. The first-order valence-corrected chi connectivity index (χ1v) is 12.8. The zero-order chi connectivity index (χ0) is 22.1. The molecular weight excluding hydrogens is 541 g/mol. The number of hydrogen-bond acceptors (Lipinski definition) is 4. The summed E-state index contributed by atoms with van der Waals surface area (Å²) in [5.41, 5.74) is 0.859. The van der Waals surface area contributed by atoms with Crippen LogP contribution >= 0.6 is 24.0 Å². The van der Waals surface area contributed by atoms with Crippen LogP contribution in [0.5, 0.6) is 0 Å². The average molecular weight is 578 g/mol. The van der Waals surface area contributed by atoms with E-state index in [9.17, 15) is 13.2 Å². The Labute approximate surface area is 209 Å². The minimum atomic E-state index is -3.44. The van der Waals surface area contributed by atoms with E-state index in [1.54, 1.807) is 22.5 Å². The van der Waals surface area contributed by atoms with Crippen molar-refractivity contribution in [2.24, 2.45) is 4.99 Å². The van der Waals surface area contributed by atoms with Crippen LogP contribution in [0.15, 0.2) is 34.2 Å². The van der Waals surface area contributed by atoms with Crippen LogP contribution in [0, 0.1) is 0 Å². The van der Waals surface area contributed by atoms with E-state index in [4.69, 9.17) is 0 Å². The number of aliphatic imine (C=N–C) groups is 1. The summed E-state index contributed by atoms with van der Waals surface area (Å²) in [5, 5.41) is 6.52. The number of likely N-dealkylation sites (tertiary alicyclic amines) is 1. The Hall–Kier alpha value is -1.40. The molecule has 0 unspecified atom stereocenters. The molecule has 2 N–H and O–H groups in total. The molecule has 180 valence electrons. The van der Waals surface area contributed by atoms with Crippen molar-refractivity contribution in [3.05, 3.63) is 29.8 Å². The minimum absolute atomic E-state index is 0. The van der Waals surface area contributed by atoms with Crippen LogP contribution in [-0.4, -0.2) is 68.8 Å². The number of nitrogens with zero attached hydrogens (tertiary/aromatic N) is 3. The van der Waals surface area contributed by atoms with Crippen molar-refractivity contribution in [2.75, 3.05) is 39.3 Å². The molecule has 0 atom stereocenters. The van der Waals surface area contributed by atoms with E-state index in [1.165, 1.54) is 0 Å². The summed E-state index contributed by atoms with van der Waals surface area (Å²) >= 11 is 0. The van der Waals surface area contributed by atoms with Gasteiger partial charge in [0.25, 0.3) is 0 Å². The topological polar surface area (TPSA) is 94.1 Å². The molecule has 0 radical (unpaired) electrons. The maximum atomic E-state index is 12.9. The lowest BCUT2D eigenvalue weighted by Gasteiger charge is -2.26. The lowest BCUT2D eigenvalue weighted by Crippen LogP contribution is -2.39. The highest BCUT2D eigenvalue weighted by Crippen LogP contribution is 2.21. The van der Waals surface area contributed by atoms with Crippen molar-refractivity contribution in [1.29, 1.82) is 0 Å². The van der Waals surface area contributed by atoms with Gasteiger partial charge in [-0.1, -0.05) is 18.6 Å². The molecule has 0 saturated carbocycles. The Balaban J connectivity index is 0.00000363. The van der Waals surface area contributed by atoms with Crippen LogP contribution in [0.25, 0.3) is 0 Å². The average Bonchev–Trinajstić information content (AvgIpc) is 3.20. The van der Waals surface area contributed by atoms with E-state index < -0.39 is 10.0 Å². The highest BCUT2D eigenvalue weighted by atomic mass is 127. The summed E-state index contributed by atoms with van der Waals surface area (Å²) in [7, 11) is -3.44. The summed E-state index contributed by atoms with van der Waals surface area (Å²) in [6, 6.07) is 7.09. The lowest BCUT2D eigenvalue weighted by atomic mass is 10.2. The van der Waals surface area contributed by atoms with Gasteiger partial charge in [-0.25, -0.2) is 13.4 Å². The molecule has 3 rings (SSSR count). The molecule has 1 aromatic rings. The van der Waals surface area contributed by atoms with Gasteiger partial charge >= 0.3 is 0 Å². The van der Waals surface area contributed by atoms with Crippen molar-refractivity contribution >= 4 is 45.9 Å². The molecule has 2 heterocycles. The van der Waals surface area contributed by atoms with E-state index in [0.717, 1.165) is 63.8 Å². The van der Waals surface area contributed by atoms with Crippen molar-refractivity contribution < 1.29 is 13.2 Å². The van der Waals surface area contributed by atoms with Gasteiger partial charge in [0.1, 0.15) is 0 Å². The smallest absolute Gasteiger partial charge is 0.243 e. The predicted octanol–water partition coefficient (Wildman–Crippen LogP) is 2.55.